The minimum atomic E-state index is -0.335. The molecule has 1 heterocycles. The molecule has 1 aliphatic rings. The van der Waals surface area contributed by atoms with Crippen molar-refractivity contribution in [3.63, 3.8) is 0 Å². The zero-order valence-electron chi connectivity index (χ0n) is 8.84. The smallest absolute Gasteiger partial charge is 0.239 e. The summed E-state index contributed by atoms with van der Waals surface area (Å²) in [5, 5.41) is 5.22. The van der Waals surface area contributed by atoms with Crippen molar-refractivity contribution in [2.24, 2.45) is 5.73 Å². The zero-order chi connectivity index (χ0) is 11.3. The fourth-order valence-corrected chi connectivity index (χ4v) is 1.40. The summed E-state index contributed by atoms with van der Waals surface area (Å²) in [4.78, 5) is 22.2. The van der Waals surface area contributed by atoms with E-state index < -0.39 is 0 Å². The first-order valence-corrected chi connectivity index (χ1v) is 4.91. The van der Waals surface area contributed by atoms with Gasteiger partial charge in [-0.2, -0.15) is 0 Å². The minimum absolute atomic E-state index is 0.0361. The van der Waals surface area contributed by atoms with E-state index in [9.17, 15) is 9.59 Å². The van der Waals surface area contributed by atoms with Gasteiger partial charge >= 0.3 is 0 Å². The second kappa shape index (κ2) is 5.09. The highest BCUT2D eigenvalue weighted by molar-refractivity contribution is 5.85. The van der Waals surface area contributed by atoms with E-state index in [4.69, 9.17) is 10.5 Å². The van der Waals surface area contributed by atoms with Crippen LogP contribution in [0, 0.1) is 0 Å². The molecule has 4 N–H and O–H groups in total. The van der Waals surface area contributed by atoms with E-state index in [-0.39, 0.29) is 30.4 Å². The summed E-state index contributed by atoms with van der Waals surface area (Å²) in [6.07, 6.45) is 0.795. The molecule has 1 aliphatic heterocycles. The highest BCUT2D eigenvalue weighted by atomic mass is 16.5. The summed E-state index contributed by atoms with van der Waals surface area (Å²) in [6, 6.07) is 0. The number of hydrogen-bond acceptors (Lipinski definition) is 4. The molecular formula is C9H17N3O3. The van der Waals surface area contributed by atoms with Crippen LogP contribution in [0.2, 0.25) is 0 Å². The third-order valence-electron chi connectivity index (χ3n) is 2.29. The molecule has 0 aromatic rings. The molecule has 0 aromatic heterocycles. The lowest BCUT2D eigenvalue weighted by molar-refractivity contribution is -0.126. The van der Waals surface area contributed by atoms with Crippen LogP contribution in [-0.4, -0.2) is 43.7 Å². The van der Waals surface area contributed by atoms with Gasteiger partial charge < -0.3 is 21.1 Å². The van der Waals surface area contributed by atoms with Crippen LogP contribution < -0.4 is 16.4 Å². The maximum absolute atomic E-state index is 11.4. The van der Waals surface area contributed by atoms with E-state index in [1.165, 1.54) is 0 Å². The number of nitrogens with one attached hydrogen (secondary N) is 2. The molecule has 1 rings (SSSR count). The van der Waals surface area contributed by atoms with Crippen molar-refractivity contribution >= 4 is 11.8 Å². The van der Waals surface area contributed by atoms with Crippen LogP contribution in [0.3, 0.4) is 0 Å². The first-order chi connectivity index (χ1) is 7.06. The Bertz CT molecular complexity index is 249. The summed E-state index contributed by atoms with van der Waals surface area (Å²) < 4.78 is 5.19. The Morgan fingerprint density at radius 2 is 2.20 bits per heavy atom. The summed E-state index contributed by atoms with van der Waals surface area (Å²) in [5.74, 6) is -0.553. The standard InChI is InChI=1S/C9H17N3O3/c1-9(2-3-15-6-9)12-8(14)5-11-7(13)4-10/h2-6,10H2,1H3,(H,11,13)(H,12,14). The quantitative estimate of drug-likeness (QED) is 0.524. The van der Waals surface area contributed by atoms with Gasteiger partial charge in [-0.15, -0.1) is 0 Å². The van der Waals surface area contributed by atoms with Crippen molar-refractivity contribution in [1.82, 2.24) is 10.6 Å². The molecule has 0 radical (unpaired) electrons. The molecule has 6 heteroatoms. The van der Waals surface area contributed by atoms with E-state index in [0.717, 1.165) is 6.42 Å². The van der Waals surface area contributed by atoms with E-state index in [0.29, 0.717) is 13.2 Å². The minimum Gasteiger partial charge on any atom is -0.379 e. The van der Waals surface area contributed by atoms with Crippen LogP contribution in [0.25, 0.3) is 0 Å². The highest BCUT2D eigenvalue weighted by Gasteiger charge is 2.30. The fraction of sp³-hybridized carbons (Fsp3) is 0.778. The maximum Gasteiger partial charge on any atom is 0.239 e. The van der Waals surface area contributed by atoms with Crippen molar-refractivity contribution in [2.45, 2.75) is 18.9 Å². The molecule has 15 heavy (non-hydrogen) atoms. The summed E-state index contributed by atoms with van der Waals surface area (Å²) >= 11 is 0. The zero-order valence-corrected chi connectivity index (χ0v) is 8.84. The molecule has 1 fully saturated rings. The number of ether oxygens (including phenoxy) is 1. The van der Waals surface area contributed by atoms with Crippen LogP contribution in [0.15, 0.2) is 0 Å². The average molecular weight is 215 g/mol. The Kier molecular flexibility index (Phi) is 4.05. The van der Waals surface area contributed by atoms with Gasteiger partial charge in [0, 0.05) is 6.61 Å². The number of amides is 2. The molecule has 0 saturated carbocycles. The maximum atomic E-state index is 11.4. The monoisotopic (exact) mass is 215 g/mol. The fourth-order valence-electron chi connectivity index (χ4n) is 1.40. The molecule has 1 unspecified atom stereocenters. The Morgan fingerprint density at radius 3 is 2.73 bits per heavy atom. The predicted molar refractivity (Wildman–Crippen MR) is 54.0 cm³/mol. The molecule has 0 spiro atoms. The van der Waals surface area contributed by atoms with Crippen LogP contribution >= 0.6 is 0 Å². The van der Waals surface area contributed by atoms with Gasteiger partial charge in [0.15, 0.2) is 0 Å². The molecule has 0 bridgehead atoms. The Labute approximate surface area is 88.5 Å². The van der Waals surface area contributed by atoms with Gasteiger partial charge in [0.2, 0.25) is 11.8 Å². The largest absolute Gasteiger partial charge is 0.379 e. The van der Waals surface area contributed by atoms with Gasteiger partial charge in [0.05, 0.1) is 25.2 Å². The van der Waals surface area contributed by atoms with Crippen LogP contribution in [0.1, 0.15) is 13.3 Å². The topological polar surface area (TPSA) is 93.5 Å². The lowest BCUT2D eigenvalue weighted by Gasteiger charge is -2.23. The molecule has 86 valence electrons. The third-order valence-corrected chi connectivity index (χ3v) is 2.29. The van der Waals surface area contributed by atoms with Gasteiger partial charge in [-0.3, -0.25) is 9.59 Å². The Balaban J connectivity index is 2.26. The Hall–Kier alpha value is -1.14. The van der Waals surface area contributed by atoms with Gasteiger partial charge in [0.25, 0.3) is 0 Å². The number of rotatable bonds is 4. The lowest BCUT2D eigenvalue weighted by atomic mass is 10.0. The number of carbonyl (C=O) groups excluding carboxylic acids is 2. The van der Waals surface area contributed by atoms with Crippen LogP contribution in [-0.2, 0) is 14.3 Å². The second-order valence-corrected chi connectivity index (χ2v) is 3.89. The Morgan fingerprint density at radius 1 is 1.47 bits per heavy atom. The first kappa shape index (κ1) is 11.9. The molecule has 6 nitrogen and oxygen atoms in total. The molecule has 2 amide bonds. The normalized spacial score (nSPS) is 24.9. The average Bonchev–Trinajstić information content (AvgIpc) is 2.61. The van der Waals surface area contributed by atoms with Crippen molar-refractivity contribution < 1.29 is 14.3 Å². The second-order valence-electron chi connectivity index (χ2n) is 3.89. The molecule has 0 aliphatic carbocycles. The van der Waals surface area contributed by atoms with Gasteiger partial charge in [-0.25, -0.2) is 0 Å². The van der Waals surface area contributed by atoms with Crippen molar-refractivity contribution in [3.8, 4) is 0 Å². The summed E-state index contributed by atoms with van der Waals surface area (Å²) in [7, 11) is 0. The van der Waals surface area contributed by atoms with Gasteiger partial charge in [-0.05, 0) is 13.3 Å². The van der Waals surface area contributed by atoms with Gasteiger partial charge in [0.1, 0.15) is 0 Å². The number of nitrogens with two attached hydrogens (primary N) is 1. The van der Waals surface area contributed by atoms with Crippen LogP contribution in [0.4, 0.5) is 0 Å². The van der Waals surface area contributed by atoms with Gasteiger partial charge in [-0.1, -0.05) is 0 Å². The number of hydrogen-bond donors (Lipinski definition) is 3. The summed E-state index contributed by atoms with van der Waals surface area (Å²) in [5.41, 5.74) is 4.78. The van der Waals surface area contributed by atoms with Crippen molar-refractivity contribution in [2.75, 3.05) is 26.3 Å². The molecule has 1 saturated heterocycles. The van der Waals surface area contributed by atoms with E-state index in [2.05, 4.69) is 10.6 Å². The van der Waals surface area contributed by atoms with E-state index in [1.54, 1.807) is 0 Å². The van der Waals surface area contributed by atoms with Crippen molar-refractivity contribution in [3.05, 3.63) is 0 Å². The number of carbonyl (C=O) groups is 2. The molecule has 1 atom stereocenters. The predicted octanol–water partition coefficient (Wildman–Crippen LogP) is -1.64. The van der Waals surface area contributed by atoms with E-state index in [1.807, 2.05) is 6.92 Å². The molecular weight excluding hydrogens is 198 g/mol. The SMILES string of the molecule is CC1(NC(=O)CNC(=O)CN)CCOC1. The lowest BCUT2D eigenvalue weighted by Crippen LogP contribution is -2.50. The highest BCUT2D eigenvalue weighted by Crippen LogP contribution is 2.16. The van der Waals surface area contributed by atoms with Crippen molar-refractivity contribution in [1.29, 1.82) is 0 Å². The first-order valence-electron chi connectivity index (χ1n) is 4.91. The van der Waals surface area contributed by atoms with Crippen LogP contribution in [0.5, 0.6) is 0 Å². The molecule has 0 aromatic carbocycles. The summed E-state index contributed by atoms with van der Waals surface area (Å²) in [6.45, 7) is 2.96. The van der Waals surface area contributed by atoms with E-state index >= 15 is 0 Å². The third kappa shape index (κ3) is 3.85.